The molecule has 3 heterocycles. The van der Waals surface area contributed by atoms with E-state index >= 15 is 0 Å². The summed E-state index contributed by atoms with van der Waals surface area (Å²) in [6.45, 7) is 3.35. The molecule has 6 nitrogen and oxygen atoms in total. The number of nitrogens with zero attached hydrogens (tertiary/aromatic N) is 2. The van der Waals surface area contributed by atoms with Crippen molar-refractivity contribution in [3.05, 3.63) is 70.9 Å². The van der Waals surface area contributed by atoms with Gasteiger partial charge in [0.15, 0.2) is 0 Å². The average molecular weight is 418 g/mol. The van der Waals surface area contributed by atoms with Crippen LogP contribution >= 0.6 is 0 Å². The van der Waals surface area contributed by atoms with Crippen molar-refractivity contribution in [1.29, 1.82) is 0 Å². The summed E-state index contributed by atoms with van der Waals surface area (Å²) >= 11 is 0. The maximum Gasteiger partial charge on any atom is 0.255 e. The highest BCUT2D eigenvalue weighted by Gasteiger charge is 2.40. The molecule has 2 aliphatic heterocycles. The fraction of sp³-hybridized carbons (Fsp3) is 0.360. The molecule has 0 spiro atoms. The maximum atomic E-state index is 13.3. The number of para-hydroxylation sites is 1. The molecular formula is C25H27N3O3. The smallest absolute Gasteiger partial charge is 0.255 e. The Morgan fingerprint density at radius 3 is 2.74 bits per heavy atom. The van der Waals surface area contributed by atoms with Crippen LogP contribution in [0.25, 0.3) is 10.9 Å². The molecular weight excluding hydrogens is 390 g/mol. The Balaban J connectivity index is 1.51. The molecule has 0 saturated carbocycles. The Morgan fingerprint density at radius 2 is 1.94 bits per heavy atom. The molecule has 0 aliphatic carbocycles. The molecule has 0 bridgehead atoms. The van der Waals surface area contributed by atoms with Gasteiger partial charge in [-0.05, 0) is 37.5 Å². The van der Waals surface area contributed by atoms with Gasteiger partial charge >= 0.3 is 0 Å². The van der Waals surface area contributed by atoms with Crippen molar-refractivity contribution in [1.82, 2.24) is 14.8 Å². The zero-order chi connectivity index (χ0) is 21.5. The van der Waals surface area contributed by atoms with Gasteiger partial charge in [0.2, 0.25) is 5.91 Å². The van der Waals surface area contributed by atoms with E-state index in [1.54, 1.807) is 4.90 Å². The summed E-state index contributed by atoms with van der Waals surface area (Å²) in [5.41, 5.74) is 4.93. The number of hydrogen-bond acceptors (Lipinski definition) is 3. The minimum absolute atomic E-state index is 0.0214. The number of aromatic nitrogens is 1. The predicted octanol–water partition coefficient (Wildman–Crippen LogP) is 3.33. The van der Waals surface area contributed by atoms with Crippen LogP contribution in [0.4, 0.5) is 0 Å². The van der Waals surface area contributed by atoms with Crippen LogP contribution < -0.4 is 5.32 Å². The van der Waals surface area contributed by atoms with E-state index in [4.69, 9.17) is 4.74 Å². The van der Waals surface area contributed by atoms with Crippen LogP contribution in [0, 0.1) is 6.92 Å². The van der Waals surface area contributed by atoms with Crippen LogP contribution in [0.15, 0.2) is 48.5 Å². The van der Waals surface area contributed by atoms with E-state index in [-0.39, 0.29) is 30.5 Å². The lowest BCUT2D eigenvalue weighted by Gasteiger charge is -2.26. The highest BCUT2D eigenvalue weighted by Crippen LogP contribution is 2.43. The van der Waals surface area contributed by atoms with E-state index in [1.807, 2.05) is 43.4 Å². The summed E-state index contributed by atoms with van der Waals surface area (Å²) < 4.78 is 7.76. The Bertz CT molecular complexity index is 1160. The Morgan fingerprint density at radius 1 is 1.16 bits per heavy atom. The van der Waals surface area contributed by atoms with Crippen LogP contribution in [-0.2, 0) is 16.6 Å². The lowest BCUT2D eigenvalue weighted by atomic mass is 9.95. The number of carbonyl (C=O) groups excluding carboxylic acids is 2. The first-order valence-corrected chi connectivity index (χ1v) is 10.9. The van der Waals surface area contributed by atoms with E-state index in [1.165, 1.54) is 0 Å². The second kappa shape index (κ2) is 7.85. The summed E-state index contributed by atoms with van der Waals surface area (Å²) in [6.07, 6.45) is 2.07. The van der Waals surface area contributed by atoms with Crippen LogP contribution in [0.2, 0.25) is 0 Å². The van der Waals surface area contributed by atoms with Gasteiger partial charge in [-0.1, -0.05) is 36.4 Å². The van der Waals surface area contributed by atoms with E-state index < -0.39 is 0 Å². The van der Waals surface area contributed by atoms with E-state index in [9.17, 15) is 9.59 Å². The first-order valence-electron chi connectivity index (χ1n) is 10.9. The minimum Gasteiger partial charge on any atom is -0.376 e. The molecule has 0 radical (unpaired) electrons. The van der Waals surface area contributed by atoms with Crippen molar-refractivity contribution < 1.29 is 14.3 Å². The lowest BCUT2D eigenvalue weighted by Crippen LogP contribution is -2.41. The third-order valence-electron chi connectivity index (χ3n) is 6.65. The van der Waals surface area contributed by atoms with Crippen LogP contribution in [0.1, 0.15) is 46.1 Å². The number of carbonyl (C=O) groups is 2. The van der Waals surface area contributed by atoms with Crippen LogP contribution in [0.5, 0.6) is 0 Å². The van der Waals surface area contributed by atoms with Crippen molar-refractivity contribution in [3.63, 3.8) is 0 Å². The van der Waals surface area contributed by atoms with Gasteiger partial charge in [0.1, 0.15) is 6.54 Å². The molecule has 5 rings (SSSR count). The number of hydrogen-bond donors (Lipinski definition) is 1. The molecule has 1 N–H and O–H groups in total. The molecule has 31 heavy (non-hydrogen) atoms. The fourth-order valence-electron chi connectivity index (χ4n) is 4.98. The Labute approximate surface area is 181 Å². The standard InChI is InChI=1S/C25H27N3O3/c1-16-23(20-11-5-6-12-21(20)27(16)2)24-18-9-3-4-10-19(18)25(30)28(24)15-22(29)26-14-17-8-7-13-31-17/h3-6,9-12,17,24H,7-8,13-15H2,1-2H3,(H,26,29)/t17-,24-/m1/s1. The molecule has 160 valence electrons. The zero-order valence-electron chi connectivity index (χ0n) is 17.9. The van der Waals surface area contributed by atoms with Gasteiger partial charge in [-0.3, -0.25) is 9.59 Å². The Hall–Kier alpha value is -3.12. The summed E-state index contributed by atoms with van der Waals surface area (Å²) in [4.78, 5) is 27.9. The van der Waals surface area contributed by atoms with Crippen molar-refractivity contribution in [3.8, 4) is 0 Å². The zero-order valence-corrected chi connectivity index (χ0v) is 17.9. The van der Waals surface area contributed by atoms with Crippen molar-refractivity contribution >= 4 is 22.7 Å². The monoisotopic (exact) mass is 417 g/mol. The van der Waals surface area contributed by atoms with Crippen molar-refractivity contribution in [2.24, 2.45) is 7.05 Å². The Kier molecular flexibility index (Phi) is 5.02. The summed E-state index contributed by atoms with van der Waals surface area (Å²) in [5.74, 6) is -0.250. The van der Waals surface area contributed by atoms with Gasteiger partial charge in [0.25, 0.3) is 5.91 Å². The fourth-order valence-corrected chi connectivity index (χ4v) is 4.98. The van der Waals surface area contributed by atoms with Gasteiger partial charge in [-0.2, -0.15) is 0 Å². The highest BCUT2D eigenvalue weighted by atomic mass is 16.5. The SMILES string of the molecule is Cc1c([C@H]2c3ccccc3C(=O)N2CC(=O)NC[C@H]2CCCO2)c2ccccc2n1C. The number of nitrogens with one attached hydrogen (secondary N) is 1. The number of aryl methyl sites for hydroxylation is 1. The third kappa shape index (κ3) is 3.31. The van der Waals surface area contributed by atoms with Gasteiger partial charge in [-0.15, -0.1) is 0 Å². The molecule has 2 atom stereocenters. The van der Waals surface area contributed by atoms with Crippen molar-refractivity contribution in [2.75, 3.05) is 19.7 Å². The summed E-state index contributed by atoms with van der Waals surface area (Å²) in [5, 5.41) is 4.08. The van der Waals surface area contributed by atoms with Crippen molar-refractivity contribution in [2.45, 2.75) is 31.9 Å². The maximum absolute atomic E-state index is 13.3. The number of ether oxygens (including phenoxy) is 1. The normalized spacial score (nSPS) is 20.5. The number of rotatable bonds is 5. The van der Waals surface area contributed by atoms with Gasteiger partial charge in [0, 0.05) is 47.9 Å². The summed E-state index contributed by atoms with van der Waals surface area (Å²) in [6, 6.07) is 15.6. The second-order valence-corrected chi connectivity index (χ2v) is 8.44. The first kappa shape index (κ1) is 19.8. The summed E-state index contributed by atoms with van der Waals surface area (Å²) in [7, 11) is 2.04. The number of fused-ring (bicyclic) bond motifs is 2. The predicted molar refractivity (Wildman–Crippen MR) is 119 cm³/mol. The largest absolute Gasteiger partial charge is 0.376 e. The molecule has 2 amide bonds. The molecule has 3 aromatic rings. The quantitative estimate of drug-likeness (QED) is 0.693. The molecule has 2 aromatic carbocycles. The number of amides is 2. The van der Waals surface area contributed by atoms with Crippen LogP contribution in [0.3, 0.4) is 0 Å². The van der Waals surface area contributed by atoms with Gasteiger partial charge in [-0.25, -0.2) is 0 Å². The molecule has 1 saturated heterocycles. The average Bonchev–Trinajstić information content (AvgIpc) is 3.46. The first-order chi connectivity index (χ1) is 15.1. The third-order valence-corrected chi connectivity index (χ3v) is 6.65. The molecule has 6 heteroatoms. The van der Waals surface area contributed by atoms with Crippen LogP contribution in [-0.4, -0.2) is 47.1 Å². The highest BCUT2D eigenvalue weighted by molar-refractivity contribution is 6.02. The van der Waals surface area contributed by atoms with Gasteiger partial charge < -0.3 is 19.5 Å². The second-order valence-electron chi connectivity index (χ2n) is 8.44. The lowest BCUT2D eigenvalue weighted by molar-refractivity contribution is -0.122. The molecule has 1 fully saturated rings. The molecule has 0 unspecified atom stereocenters. The minimum atomic E-state index is -0.289. The van der Waals surface area contributed by atoms with E-state index in [0.717, 1.165) is 47.2 Å². The van der Waals surface area contributed by atoms with Gasteiger partial charge in [0.05, 0.1) is 12.1 Å². The van der Waals surface area contributed by atoms with E-state index in [0.29, 0.717) is 12.1 Å². The topological polar surface area (TPSA) is 63.6 Å². The molecule has 1 aromatic heterocycles. The molecule has 2 aliphatic rings. The van der Waals surface area contributed by atoms with E-state index in [2.05, 4.69) is 28.9 Å². The number of benzene rings is 2.